The smallest absolute Gasteiger partial charge is 0.0622 e. The molecule has 0 radical (unpaired) electrons. The molecule has 11 aromatic rings. The Bertz CT molecular complexity index is 3620. The minimum atomic E-state index is -3.62. The van der Waals surface area contributed by atoms with E-state index in [0.717, 1.165) is 67.8 Å². The molecule has 3 heterocycles. The molecule has 1 aliphatic heterocycles. The van der Waals surface area contributed by atoms with Crippen LogP contribution in [0.2, 0.25) is 0 Å². The molecule has 0 spiro atoms. The fourth-order valence-corrected chi connectivity index (χ4v) is 21.9. The number of nitrogens with zero attached hydrogens (tertiary/aromatic N) is 3. The maximum absolute atomic E-state index is 7.15. The molecule has 338 valence electrons. The van der Waals surface area contributed by atoms with E-state index in [4.69, 9.17) is 9.72 Å². The summed E-state index contributed by atoms with van der Waals surface area (Å²) in [6.07, 6.45) is 1.96. The summed E-state index contributed by atoms with van der Waals surface area (Å²) in [6, 6.07) is 83.2. The molecule has 6 heteroatoms. The summed E-state index contributed by atoms with van der Waals surface area (Å²) in [5.41, 5.74) is 12.2. The molecule has 0 saturated carbocycles. The molecule has 9 aromatic carbocycles. The monoisotopic (exact) mass is 966 g/mol. The van der Waals surface area contributed by atoms with E-state index < -0.39 is 13.3 Å². The fourth-order valence-electron chi connectivity index (χ4n) is 10.9. The van der Waals surface area contributed by atoms with Gasteiger partial charge in [-0.3, -0.25) is 0 Å². The van der Waals surface area contributed by atoms with Crippen LogP contribution in [0.15, 0.2) is 237 Å². The molecule has 5 nitrogen and oxygen atoms in total. The second kappa shape index (κ2) is 17.4. The van der Waals surface area contributed by atoms with Crippen LogP contribution in [0.4, 0.5) is 22.7 Å². The third-order valence-electron chi connectivity index (χ3n) is 14.1. The number of anilines is 4. The Morgan fingerprint density at radius 2 is 1.10 bits per heavy atom. The predicted molar refractivity (Wildman–Crippen MR) is 296 cm³/mol. The number of benzene rings is 9. The molecule has 1 aliphatic rings. The number of aromatic nitrogens is 2. The van der Waals surface area contributed by atoms with E-state index >= 15 is 0 Å². The zero-order valence-corrected chi connectivity index (χ0v) is 41.9. The molecular formula is C64H52GeN4O. The van der Waals surface area contributed by atoms with Crippen molar-refractivity contribution in [3.63, 3.8) is 0 Å². The molecule has 0 saturated heterocycles. The van der Waals surface area contributed by atoms with Gasteiger partial charge in [0.05, 0.1) is 0 Å². The SMILES string of the molecule is CN(c1ccccc1Nc1cccc(Oc2c[c]3c4c5[c](cccc5n(-c5cc(C(C)(C)C)ccn5)c4c2)[Ge]3([c]2ccccc2)[c]2ccccc2)c1)c1c(-c2ccccc2)cccc1-c1ccccc1. The van der Waals surface area contributed by atoms with Gasteiger partial charge in [-0.1, -0.05) is 78.9 Å². The minimum Gasteiger partial charge on any atom is -0.0622 e. The third kappa shape index (κ3) is 7.28. The molecule has 0 atom stereocenters. The van der Waals surface area contributed by atoms with Gasteiger partial charge in [-0.15, -0.1) is 0 Å². The Kier molecular flexibility index (Phi) is 10.8. The Labute approximate surface area is 412 Å². The Morgan fingerprint density at radius 1 is 0.514 bits per heavy atom. The van der Waals surface area contributed by atoms with Gasteiger partial charge in [0.15, 0.2) is 0 Å². The summed E-state index contributed by atoms with van der Waals surface area (Å²) < 4.78 is 15.1. The standard InChI is InChI=1S/C64H52GeN4O/c1-64(2,3)46-38-39-66-60(40-46)69-58-37-21-34-54-61(58)62-55(65(54,47-26-13-7-14-27-47)48-28-15-8-16-29-48)42-51(43-59(62)69)70-50-31-19-30-49(41-50)67-56-35-17-18-36-57(56)68(4)63-52(44-22-9-5-10-23-44)32-20-33-53(63)45-24-11-6-12-25-45/h5-43,67H,1-4H3. The number of ether oxygens (including phenoxy) is 1. The average molecular weight is 966 g/mol. The average Bonchev–Trinajstić information content (AvgIpc) is 3.90. The Hall–Kier alpha value is -8.13. The van der Waals surface area contributed by atoms with Gasteiger partial charge in [-0.05, 0) is 11.1 Å². The van der Waals surface area contributed by atoms with Gasteiger partial charge in [0, 0.05) is 11.1 Å². The number of hydrogen-bond acceptors (Lipinski definition) is 4. The van der Waals surface area contributed by atoms with E-state index in [1.54, 1.807) is 0 Å². The van der Waals surface area contributed by atoms with Gasteiger partial charge in [0.2, 0.25) is 0 Å². The van der Waals surface area contributed by atoms with Crippen molar-refractivity contribution in [2.45, 2.75) is 26.2 Å². The third-order valence-corrected chi connectivity index (χ3v) is 24.2. The van der Waals surface area contributed by atoms with Crippen LogP contribution in [0.5, 0.6) is 11.5 Å². The quantitative estimate of drug-likeness (QED) is 0.131. The molecule has 0 unspecified atom stereocenters. The van der Waals surface area contributed by atoms with Crippen molar-refractivity contribution in [3.8, 4) is 39.6 Å². The van der Waals surface area contributed by atoms with E-state index in [0.29, 0.717) is 0 Å². The molecule has 0 aliphatic carbocycles. The minimum absolute atomic E-state index is 0.0457. The van der Waals surface area contributed by atoms with Gasteiger partial charge >= 0.3 is 314 Å². The van der Waals surface area contributed by atoms with Gasteiger partial charge in [-0.2, -0.15) is 0 Å². The van der Waals surface area contributed by atoms with E-state index in [1.165, 1.54) is 39.4 Å². The van der Waals surface area contributed by atoms with E-state index in [1.807, 2.05) is 6.20 Å². The van der Waals surface area contributed by atoms with Crippen LogP contribution in [-0.4, -0.2) is 29.9 Å². The van der Waals surface area contributed by atoms with Crippen molar-refractivity contribution < 1.29 is 4.74 Å². The van der Waals surface area contributed by atoms with Gasteiger partial charge < -0.3 is 0 Å². The van der Waals surface area contributed by atoms with Crippen LogP contribution in [-0.2, 0) is 5.41 Å². The van der Waals surface area contributed by atoms with Crippen LogP contribution in [0, 0.1) is 0 Å². The van der Waals surface area contributed by atoms with Gasteiger partial charge in [0.1, 0.15) is 0 Å². The number of hydrogen-bond donors (Lipinski definition) is 1. The Balaban J connectivity index is 0.978. The zero-order chi connectivity index (χ0) is 47.4. The second-order valence-corrected chi connectivity index (χ2v) is 27.1. The van der Waals surface area contributed by atoms with Crippen LogP contribution in [0.1, 0.15) is 26.3 Å². The second-order valence-electron chi connectivity index (χ2n) is 19.3. The summed E-state index contributed by atoms with van der Waals surface area (Å²) in [6.45, 7) is 6.78. The first-order chi connectivity index (χ1) is 34.3. The molecule has 2 aromatic heterocycles. The molecule has 0 bridgehead atoms. The van der Waals surface area contributed by atoms with Crippen molar-refractivity contribution in [1.82, 2.24) is 9.55 Å². The molecular weight excluding hydrogens is 913 g/mol. The zero-order valence-electron chi connectivity index (χ0n) is 39.8. The van der Waals surface area contributed by atoms with Crippen molar-refractivity contribution >= 4 is 75.4 Å². The van der Waals surface area contributed by atoms with Crippen molar-refractivity contribution in [1.29, 1.82) is 0 Å². The van der Waals surface area contributed by atoms with Crippen LogP contribution >= 0.6 is 0 Å². The molecule has 0 fully saturated rings. The molecule has 70 heavy (non-hydrogen) atoms. The van der Waals surface area contributed by atoms with Crippen LogP contribution in [0.3, 0.4) is 0 Å². The normalized spacial score (nSPS) is 12.7. The first kappa shape index (κ1) is 43.2. The summed E-state index contributed by atoms with van der Waals surface area (Å²) >= 11 is -3.62. The number of nitrogens with one attached hydrogen (secondary N) is 1. The first-order valence-electron chi connectivity index (χ1n) is 24.1. The Morgan fingerprint density at radius 3 is 1.76 bits per heavy atom. The number of rotatable bonds is 11. The topological polar surface area (TPSA) is 42.3 Å². The van der Waals surface area contributed by atoms with Crippen molar-refractivity contribution in [2.24, 2.45) is 0 Å². The van der Waals surface area contributed by atoms with E-state index in [9.17, 15) is 0 Å². The van der Waals surface area contributed by atoms with Crippen molar-refractivity contribution in [2.75, 3.05) is 17.3 Å². The van der Waals surface area contributed by atoms with E-state index in [-0.39, 0.29) is 5.41 Å². The van der Waals surface area contributed by atoms with Crippen LogP contribution < -0.4 is 32.5 Å². The fraction of sp³-hybridized carbons (Fsp3) is 0.0781. The predicted octanol–water partition coefficient (Wildman–Crippen LogP) is 13.8. The number of pyridine rings is 1. The maximum atomic E-state index is 7.15. The van der Waals surface area contributed by atoms with E-state index in [2.05, 4.69) is 273 Å². The van der Waals surface area contributed by atoms with Crippen molar-refractivity contribution in [3.05, 3.63) is 242 Å². The summed E-state index contributed by atoms with van der Waals surface area (Å²) in [5.74, 6) is 2.44. The van der Waals surface area contributed by atoms with Gasteiger partial charge in [0.25, 0.3) is 0 Å². The summed E-state index contributed by atoms with van der Waals surface area (Å²) in [4.78, 5) is 7.39. The van der Waals surface area contributed by atoms with Crippen LogP contribution in [0.25, 0.3) is 49.9 Å². The molecule has 12 rings (SSSR count). The molecule has 0 amide bonds. The summed E-state index contributed by atoms with van der Waals surface area (Å²) in [5, 5.41) is 6.44. The summed E-state index contributed by atoms with van der Waals surface area (Å²) in [7, 11) is 2.17. The first-order valence-corrected chi connectivity index (χ1v) is 28.3. The number of para-hydroxylation sites is 3. The van der Waals surface area contributed by atoms with Gasteiger partial charge in [-0.25, -0.2) is 0 Å². The molecule has 1 N–H and O–H groups in total.